The fraction of sp³-hybridized carbons (Fsp3) is 0.500. The van der Waals surface area contributed by atoms with Crippen LogP contribution < -0.4 is 14.8 Å². The quantitative estimate of drug-likeness (QED) is 0.783. The topological polar surface area (TPSA) is 30.5 Å². The lowest BCUT2D eigenvalue weighted by atomic mass is 10.2. The minimum absolute atomic E-state index is 0.00716. The van der Waals surface area contributed by atoms with Crippen molar-refractivity contribution in [2.24, 2.45) is 0 Å². The van der Waals surface area contributed by atoms with Crippen molar-refractivity contribution in [3.8, 4) is 11.5 Å². The van der Waals surface area contributed by atoms with Crippen LogP contribution in [-0.4, -0.2) is 32.0 Å². The lowest BCUT2D eigenvalue weighted by Gasteiger charge is -2.13. The third-order valence-electron chi connectivity index (χ3n) is 2.24. The number of hydrogen-bond donors (Lipinski definition) is 1. The van der Waals surface area contributed by atoms with Gasteiger partial charge in [0, 0.05) is 17.9 Å². The highest BCUT2D eigenvalue weighted by Crippen LogP contribution is 2.30. The van der Waals surface area contributed by atoms with Gasteiger partial charge in [0.05, 0.1) is 13.7 Å². The van der Waals surface area contributed by atoms with Crippen molar-refractivity contribution in [2.75, 3.05) is 26.5 Å². The second-order valence-corrected chi connectivity index (χ2v) is 4.81. The van der Waals surface area contributed by atoms with Gasteiger partial charge in [-0.05, 0) is 37.0 Å². The fourth-order valence-corrected chi connectivity index (χ4v) is 1.86. The minimum Gasteiger partial charge on any atom is -0.497 e. The highest BCUT2D eigenvalue weighted by molar-refractivity contribution is 8.00. The van der Waals surface area contributed by atoms with E-state index in [2.05, 4.69) is 5.32 Å². The van der Waals surface area contributed by atoms with E-state index in [1.165, 1.54) is 0 Å². The Labute approximate surface area is 114 Å². The van der Waals surface area contributed by atoms with Crippen molar-refractivity contribution in [1.82, 2.24) is 5.32 Å². The maximum Gasteiger partial charge on any atom is 0.441 e. The van der Waals surface area contributed by atoms with Crippen LogP contribution in [0.15, 0.2) is 18.2 Å². The van der Waals surface area contributed by atoms with E-state index in [9.17, 15) is 13.2 Å². The molecule has 1 rings (SSSR count). The summed E-state index contributed by atoms with van der Waals surface area (Å²) < 4.78 is 46.3. The maximum atomic E-state index is 12.0. The van der Waals surface area contributed by atoms with Crippen LogP contribution in [0.4, 0.5) is 13.2 Å². The molecule has 108 valence electrons. The van der Waals surface area contributed by atoms with E-state index in [0.717, 1.165) is 5.56 Å². The summed E-state index contributed by atoms with van der Waals surface area (Å²) in [5.74, 6) is 1.12. The average molecular weight is 295 g/mol. The predicted octanol–water partition coefficient (Wildman–Crippen LogP) is 3.05. The molecule has 0 saturated heterocycles. The molecular weight excluding hydrogens is 279 g/mol. The average Bonchev–Trinajstić information content (AvgIpc) is 2.35. The monoisotopic (exact) mass is 295 g/mol. The summed E-state index contributed by atoms with van der Waals surface area (Å²) in [6, 6.07) is 5.21. The standard InChI is InChI=1S/C12H16F3NO2S/c1-16-8-9-7-10(17-2)3-4-11(9)18-5-6-19-12(13,14)15/h3-4,7,16H,5-6,8H2,1-2H3. The highest BCUT2D eigenvalue weighted by atomic mass is 32.2. The van der Waals surface area contributed by atoms with Gasteiger partial charge in [-0.25, -0.2) is 0 Å². The molecule has 0 unspecified atom stereocenters. The van der Waals surface area contributed by atoms with Crippen molar-refractivity contribution in [2.45, 2.75) is 12.1 Å². The number of alkyl halides is 3. The molecule has 19 heavy (non-hydrogen) atoms. The summed E-state index contributed by atoms with van der Waals surface area (Å²) in [5, 5.41) is 2.97. The van der Waals surface area contributed by atoms with Gasteiger partial charge in [-0.1, -0.05) is 0 Å². The van der Waals surface area contributed by atoms with Crippen LogP contribution in [-0.2, 0) is 6.54 Å². The maximum absolute atomic E-state index is 12.0. The van der Waals surface area contributed by atoms with Crippen LogP contribution >= 0.6 is 11.8 Å². The van der Waals surface area contributed by atoms with Crippen molar-refractivity contribution in [3.05, 3.63) is 23.8 Å². The molecule has 7 heteroatoms. The van der Waals surface area contributed by atoms with Gasteiger partial charge < -0.3 is 14.8 Å². The summed E-state index contributed by atoms with van der Waals surface area (Å²) in [6.07, 6.45) is 0. The van der Waals surface area contributed by atoms with Gasteiger partial charge in [0.1, 0.15) is 11.5 Å². The second kappa shape index (κ2) is 7.49. The lowest BCUT2D eigenvalue weighted by molar-refractivity contribution is -0.0329. The molecule has 0 aliphatic rings. The number of hydrogen-bond acceptors (Lipinski definition) is 4. The van der Waals surface area contributed by atoms with Gasteiger partial charge in [-0.2, -0.15) is 13.2 Å². The summed E-state index contributed by atoms with van der Waals surface area (Å²) >= 11 is -0.0856. The van der Waals surface area contributed by atoms with Gasteiger partial charge >= 0.3 is 5.51 Å². The SMILES string of the molecule is CNCc1cc(OC)ccc1OCCSC(F)(F)F. The van der Waals surface area contributed by atoms with E-state index in [0.29, 0.717) is 18.0 Å². The van der Waals surface area contributed by atoms with E-state index in [4.69, 9.17) is 9.47 Å². The molecule has 1 N–H and O–H groups in total. The number of rotatable bonds is 7. The van der Waals surface area contributed by atoms with E-state index in [-0.39, 0.29) is 24.1 Å². The Hall–Kier alpha value is -1.08. The zero-order valence-electron chi connectivity index (χ0n) is 10.7. The third kappa shape index (κ3) is 6.07. The molecule has 0 fully saturated rings. The number of ether oxygens (including phenoxy) is 2. The molecule has 0 aliphatic carbocycles. The Morgan fingerprint density at radius 3 is 2.63 bits per heavy atom. The first-order chi connectivity index (χ1) is 8.96. The fourth-order valence-electron chi connectivity index (χ4n) is 1.46. The number of thioether (sulfide) groups is 1. The second-order valence-electron chi connectivity index (χ2n) is 3.65. The molecule has 3 nitrogen and oxygen atoms in total. The molecule has 0 aromatic heterocycles. The van der Waals surface area contributed by atoms with Crippen LogP contribution in [0.5, 0.6) is 11.5 Å². The first-order valence-corrected chi connectivity index (χ1v) is 6.60. The molecule has 1 aromatic rings. The van der Waals surface area contributed by atoms with Crippen LogP contribution in [0.1, 0.15) is 5.56 Å². The third-order valence-corrected chi connectivity index (χ3v) is 2.94. The summed E-state index contributed by atoms with van der Waals surface area (Å²) in [6.45, 7) is 0.562. The lowest BCUT2D eigenvalue weighted by Crippen LogP contribution is -2.11. The first kappa shape index (κ1) is 16.0. The largest absolute Gasteiger partial charge is 0.497 e. The van der Waals surface area contributed by atoms with Crippen LogP contribution in [0, 0.1) is 0 Å². The summed E-state index contributed by atoms with van der Waals surface area (Å²) in [5.41, 5.74) is -3.37. The zero-order valence-corrected chi connectivity index (χ0v) is 11.5. The molecule has 0 aliphatic heterocycles. The molecule has 0 saturated carbocycles. The molecule has 0 amide bonds. The normalized spacial score (nSPS) is 11.4. The van der Waals surface area contributed by atoms with E-state index in [1.54, 1.807) is 32.4 Å². The van der Waals surface area contributed by atoms with Crippen LogP contribution in [0.25, 0.3) is 0 Å². The number of methoxy groups -OCH3 is 1. The van der Waals surface area contributed by atoms with Crippen molar-refractivity contribution < 1.29 is 22.6 Å². The van der Waals surface area contributed by atoms with Crippen LogP contribution in [0.3, 0.4) is 0 Å². The molecule has 1 aromatic carbocycles. The Bertz CT molecular complexity index is 399. The number of benzene rings is 1. The van der Waals surface area contributed by atoms with Crippen molar-refractivity contribution in [3.63, 3.8) is 0 Å². The molecule has 0 spiro atoms. The zero-order chi connectivity index (χ0) is 14.3. The Morgan fingerprint density at radius 2 is 2.05 bits per heavy atom. The van der Waals surface area contributed by atoms with E-state index >= 15 is 0 Å². The molecule has 0 atom stereocenters. The Kier molecular flexibility index (Phi) is 6.30. The van der Waals surface area contributed by atoms with Gasteiger partial charge in [0.25, 0.3) is 0 Å². The molecule has 0 bridgehead atoms. The smallest absolute Gasteiger partial charge is 0.441 e. The Balaban J connectivity index is 2.56. The van der Waals surface area contributed by atoms with E-state index in [1.807, 2.05) is 0 Å². The highest BCUT2D eigenvalue weighted by Gasteiger charge is 2.27. The number of halogens is 3. The molecule has 0 radical (unpaired) electrons. The predicted molar refractivity (Wildman–Crippen MR) is 69.8 cm³/mol. The van der Waals surface area contributed by atoms with Gasteiger partial charge in [0.15, 0.2) is 0 Å². The van der Waals surface area contributed by atoms with Crippen molar-refractivity contribution in [1.29, 1.82) is 0 Å². The van der Waals surface area contributed by atoms with Crippen LogP contribution in [0.2, 0.25) is 0 Å². The number of nitrogens with one attached hydrogen (secondary N) is 1. The summed E-state index contributed by atoms with van der Waals surface area (Å²) in [4.78, 5) is 0. The van der Waals surface area contributed by atoms with E-state index < -0.39 is 5.51 Å². The summed E-state index contributed by atoms with van der Waals surface area (Å²) in [7, 11) is 3.34. The Morgan fingerprint density at radius 1 is 1.32 bits per heavy atom. The van der Waals surface area contributed by atoms with Gasteiger partial charge in [-0.3, -0.25) is 0 Å². The minimum atomic E-state index is -4.21. The first-order valence-electron chi connectivity index (χ1n) is 5.61. The molecular formula is C12H16F3NO2S. The molecule has 0 heterocycles. The van der Waals surface area contributed by atoms with Gasteiger partial charge in [0.2, 0.25) is 0 Å². The van der Waals surface area contributed by atoms with Gasteiger partial charge in [-0.15, -0.1) is 0 Å². The van der Waals surface area contributed by atoms with Crippen molar-refractivity contribution >= 4 is 11.8 Å².